The summed E-state index contributed by atoms with van der Waals surface area (Å²) in [5.74, 6) is -0.370. The van der Waals surface area contributed by atoms with Crippen molar-refractivity contribution in [2.24, 2.45) is 0 Å². The number of thiazole rings is 1. The van der Waals surface area contributed by atoms with E-state index < -0.39 is 12.1 Å². The molecule has 0 aliphatic rings. The summed E-state index contributed by atoms with van der Waals surface area (Å²) in [5, 5.41) is 17.1. The predicted molar refractivity (Wildman–Crippen MR) is 70.5 cm³/mol. The number of hydrogen-bond acceptors (Lipinski definition) is 4. The molecule has 1 atom stereocenters. The van der Waals surface area contributed by atoms with E-state index in [-0.39, 0.29) is 12.4 Å². The van der Waals surface area contributed by atoms with Gasteiger partial charge in [-0.3, -0.25) is 5.32 Å². The summed E-state index contributed by atoms with van der Waals surface area (Å²) in [6.07, 6.45) is 0.691. The molecule has 0 aliphatic carbocycles. The third kappa shape index (κ3) is 4.01. The standard InChI is InChI=1S/C12H12FN3O2S/c13-9-3-1-8(2-4-9)10(17)7-15-11(18)16-12-14-5-6-19-12/h1-6,10,17H,7H2,(H2,14,15,16,18)/t10-/m0/s1. The number of rotatable bonds is 4. The van der Waals surface area contributed by atoms with E-state index in [2.05, 4.69) is 15.6 Å². The van der Waals surface area contributed by atoms with Crippen LogP contribution in [0, 0.1) is 5.82 Å². The van der Waals surface area contributed by atoms with E-state index in [9.17, 15) is 14.3 Å². The van der Waals surface area contributed by atoms with Gasteiger partial charge in [0.15, 0.2) is 5.13 Å². The minimum Gasteiger partial charge on any atom is -0.387 e. The number of carbonyl (C=O) groups excluding carboxylic acids is 1. The minimum absolute atomic E-state index is 0.0306. The Balaban J connectivity index is 1.81. The molecule has 0 unspecified atom stereocenters. The fraction of sp³-hybridized carbons (Fsp3) is 0.167. The van der Waals surface area contributed by atoms with Crippen molar-refractivity contribution in [3.8, 4) is 0 Å². The fourth-order valence-electron chi connectivity index (χ4n) is 1.42. The van der Waals surface area contributed by atoms with Crippen molar-refractivity contribution in [2.45, 2.75) is 6.10 Å². The molecule has 0 spiro atoms. The first-order chi connectivity index (χ1) is 9.15. The SMILES string of the molecule is O=C(NC[C@H](O)c1ccc(F)cc1)Nc1nccs1. The van der Waals surface area contributed by atoms with Gasteiger partial charge in [-0.1, -0.05) is 12.1 Å². The number of aromatic nitrogens is 1. The molecule has 1 heterocycles. The van der Waals surface area contributed by atoms with Crippen LogP contribution >= 0.6 is 11.3 Å². The van der Waals surface area contributed by atoms with Gasteiger partial charge < -0.3 is 10.4 Å². The second-order valence-electron chi connectivity index (χ2n) is 3.74. The van der Waals surface area contributed by atoms with Gasteiger partial charge in [0.05, 0.1) is 6.10 Å². The molecule has 2 amide bonds. The van der Waals surface area contributed by atoms with Crippen LogP contribution < -0.4 is 10.6 Å². The Hall–Kier alpha value is -1.99. The number of urea groups is 1. The Kier molecular flexibility index (Phi) is 4.43. The van der Waals surface area contributed by atoms with E-state index in [4.69, 9.17) is 0 Å². The Morgan fingerprint density at radius 2 is 2.16 bits per heavy atom. The van der Waals surface area contributed by atoms with Gasteiger partial charge in [0.1, 0.15) is 5.82 Å². The van der Waals surface area contributed by atoms with Gasteiger partial charge in [-0.15, -0.1) is 11.3 Å². The van der Waals surface area contributed by atoms with Crippen molar-refractivity contribution in [1.82, 2.24) is 10.3 Å². The highest BCUT2D eigenvalue weighted by Gasteiger charge is 2.10. The summed E-state index contributed by atoms with van der Waals surface area (Å²) >= 11 is 1.30. The molecule has 2 aromatic rings. The highest BCUT2D eigenvalue weighted by molar-refractivity contribution is 7.13. The van der Waals surface area contributed by atoms with E-state index in [1.54, 1.807) is 11.6 Å². The zero-order chi connectivity index (χ0) is 13.7. The van der Waals surface area contributed by atoms with Gasteiger partial charge in [0.2, 0.25) is 0 Å². The number of nitrogens with zero attached hydrogens (tertiary/aromatic N) is 1. The quantitative estimate of drug-likeness (QED) is 0.803. The Labute approximate surface area is 113 Å². The first kappa shape index (κ1) is 13.4. The van der Waals surface area contributed by atoms with E-state index in [0.717, 1.165) is 0 Å². The zero-order valence-electron chi connectivity index (χ0n) is 9.84. The first-order valence-corrected chi connectivity index (χ1v) is 6.41. The van der Waals surface area contributed by atoms with Gasteiger partial charge in [0, 0.05) is 18.1 Å². The summed E-state index contributed by atoms with van der Waals surface area (Å²) in [4.78, 5) is 15.4. The molecule has 1 aromatic heterocycles. The van der Waals surface area contributed by atoms with Gasteiger partial charge in [0.25, 0.3) is 0 Å². The highest BCUT2D eigenvalue weighted by Crippen LogP contribution is 2.13. The van der Waals surface area contributed by atoms with Gasteiger partial charge in [-0.25, -0.2) is 14.2 Å². The Morgan fingerprint density at radius 1 is 1.42 bits per heavy atom. The van der Waals surface area contributed by atoms with Crippen LogP contribution in [0.15, 0.2) is 35.8 Å². The number of aliphatic hydroxyl groups is 1. The lowest BCUT2D eigenvalue weighted by Gasteiger charge is -2.12. The lowest BCUT2D eigenvalue weighted by atomic mass is 10.1. The number of aliphatic hydroxyl groups excluding tert-OH is 1. The number of hydrogen-bond donors (Lipinski definition) is 3. The number of nitrogens with one attached hydrogen (secondary N) is 2. The van der Waals surface area contributed by atoms with Crippen LogP contribution in [-0.4, -0.2) is 22.7 Å². The molecule has 7 heteroatoms. The number of benzene rings is 1. The Bertz CT molecular complexity index is 530. The monoisotopic (exact) mass is 281 g/mol. The van der Waals surface area contributed by atoms with Gasteiger partial charge in [-0.2, -0.15) is 0 Å². The molecule has 0 saturated carbocycles. The van der Waals surface area contributed by atoms with Gasteiger partial charge >= 0.3 is 6.03 Å². The van der Waals surface area contributed by atoms with E-state index in [1.807, 2.05) is 0 Å². The summed E-state index contributed by atoms with van der Waals surface area (Å²) in [5.41, 5.74) is 0.538. The summed E-state index contributed by atoms with van der Waals surface area (Å²) in [6.45, 7) is 0.0306. The number of anilines is 1. The highest BCUT2D eigenvalue weighted by atomic mass is 32.1. The third-order valence-corrected chi connectivity index (χ3v) is 3.05. The number of amides is 2. The van der Waals surface area contributed by atoms with Crippen LogP contribution in [0.2, 0.25) is 0 Å². The number of halogens is 1. The van der Waals surface area contributed by atoms with E-state index in [1.165, 1.54) is 35.6 Å². The minimum atomic E-state index is -0.886. The maximum Gasteiger partial charge on any atom is 0.321 e. The molecule has 0 bridgehead atoms. The molecule has 0 fully saturated rings. The van der Waals surface area contributed by atoms with Crippen LogP contribution in [0.25, 0.3) is 0 Å². The molecule has 1 aromatic carbocycles. The second-order valence-corrected chi connectivity index (χ2v) is 4.63. The summed E-state index contributed by atoms with van der Waals surface area (Å²) < 4.78 is 12.7. The molecule has 5 nitrogen and oxygen atoms in total. The molecule has 3 N–H and O–H groups in total. The molecule has 0 saturated heterocycles. The van der Waals surface area contributed by atoms with Gasteiger partial charge in [-0.05, 0) is 17.7 Å². The van der Waals surface area contributed by atoms with Crippen LogP contribution in [0.1, 0.15) is 11.7 Å². The fourth-order valence-corrected chi connectivity index (χ4v) is 1.94. The van der Waals surface area contributed by atoms with Crippen molar-refractivity contribution in [3.63, 3.8) is 0 Å². The molecule has 0 radical (unpaired) electrons. The molecular weight excluding hydrogens is 269 g/mol. The number of carbonyl (C=O) groups is 1. The topological polar surface area (TPSA) is 74.2 Å². The van der Waals surface area contributed by atoms with E-state index >= 15 is 0 Å². The lowest BCUT2D eigenvalue weighted by molar-refractivity contribution is 0.175. The van der Waals surface area contributed by atoms with Crippen LogP contribution in [0.4, 0.5) is 14.3 Å². The average molecular weight is 281 g/mol. The molecule has 0 aliphatic heterocycles. The molecule has 100 valence electrons. The van der Waals surface area contributed by atoms with Crippen molar-refractivity contribution < 1.29 is 14.3 Å². The molecule has 2 rings (SSSR count). The van der Waals surface area contributed by atoms with Crippen molar-refractivity contribution in [2.75, 3.05) is 11.9 Å². The average Bonchev–Trinajstić information content (AvgIpc) is 2.89. The maximum atomic E-state index is 12.7. The smallest absolute Gasteiger partial charge is 0.321 e. The van der Waals surface area contributed by atoms with Crippen LogP contribution in [-0.2, 0) is 0 Å². The molecule has 19 heavy (non-hydrogen) atoms. The second kappa shape index (κ2) is 6.26. The van der Waals surface area contributed by atoms with Crippen molar-refractivity contribution >= 4 is 22.5 Å². The van der Waals surface area contributed by atoms with E-state index in [0.29, 0.717) is 10.7 Å². The van der Waals surface area contributed by atoms with Crippen LogP contribution in [0.5, 0.6) is 0 Å². The predicted octanol–water partition coefficient (Wildman–Crippen LogP) is 2.14. The Morgan fingerprint density at radius 3 is 2.79 bits per heavy atom. The third-order valence-electron chi connectivity index (χ3n) is 2.36. The van der Waals surface area contributed by atoms with Crippen molar-refractivity contribution in [3.05, 3.63) is 47.2 Å². The maximum absolute atomic E-state index is 12.7. The summed E-state index contributed by atoms with van der Waals surface area (Å²) in [6, 6.07) is 5.01. The first-order valence-electron chi connectivity index (χ1n) is 5.53. The largest absolute Gasteiger partial charge is 0.387 e. The normalized spacial score (nSPS) is 11.9. The molecular formula is C12H12FN3O2S. The van der Waals surface area contributed by atoms with Crippen LogP contribution in [0.3, 0.4) is 0 Å². The summed E-state index contributed by atoms with van der Waals surface area (Å²) in [7, 11) is 0. The zero-order valence-corrected chi connectivity index (χ0v) is 10.7. The van der Waals surface area contributed by atoms with Crippen molar-refractivity contribution in [1.29, 1.82) is 0 Å². The lowest BCUT2D eigenvalue weighted by Crippen LogP contribution is -2.32.